The van der Waals surface area contributed by atoms with Crippen LogP contribution in [0.25, 0.3) is 0 Å². The molecule has 0 amide bonds. The van der Waals surface area contributed by atoms with Crippen molar-refractivity contribution in [2.45, 2.75) is 27.0 Å². The van der Waals surface area contributed by atoms with Gasteiger partial charge in [-0.2, -0.15) is 0 Å². The fourth-order valence-corrected chi connectivity index (χ4v) is 1.88. The molecule has 0 aliphatic carbocycles. The highest BCUT2D eigenvalue weighted by Crippen LogP contribution is 2.09. The lowest BCUT2D eigenvalue weighted by Crippen LogP contribution is -2.22. The van der Waals surface area contributed by atoms with E-state index in [1.165, 1.54) is 6.07 Å². The van der Waals surface area contributed by atoms with Crippen LogP contribution in [0.2, 0.25) is 0 Å². The molecule has 0 bridgehead atoms. The van der Waals surface area contributed by atoms with Crippen molar-refractivity contribution in [3.05, 3.63) is 58.3 Å². The lowest BCUT2D eigenvalue weighted by molar-refractivity contribution is 0.295. The second-order valence-corrected chi connectivity index (χ2v) is 5.31. The highest BCUT2D eigenvalue weighted by Gasteiger charge is 2.03. The van der Waals surface area contributed by atoms with Crippen molar-refractivity contribution in [3.8, 4) is 5.75 Å². The Morgan fingerprint density at radius 2 is 2.05 bits per heavy atom. The highest BCUT2D eigenvalue weighted by molar-refractivity contribution is 5.21. The zero-order chi connectivity index (χ0) is 15.1. The zero-order valence-corrected chi connectivity index (χ0v) is 12.4. The number of rotatable bonds is 7. The Labute approximate surface area is 124 Å². The summed E-state index contributed by atoms with van der Waals surface area (Å²) in [4.78, 5) is 18.7. The Morgan fingerprint density at radius 1 is 1.29 bits per heavy atom. The molecular weight excluding hydrogens is 266 g/mol. The molecule has 2 N–H and O–H groups in total. The van der Waals surface area contributed by atoms with Gasteiger partial charge in [0.05, 0.1) is 5.69 Å². The van der Waals surface area contributed by atoms with E-state index >= 15 is 0 Å². The van der Waals surface area contributed by atoms with Crippen LogP contribution in [0, 0.1) is 5.92 Å². The maximum Gasteiger partial charge on any atom is 0.251 e. The van der Waals surface area contributed by atoms with Crippen LogP contribution in [0.1, 0.15) is 25.4 Å². The predicted octanol–water partition coefficient (Wildman–Crippen LogP) is 2.09. The number of para-hydroxylation sites is 1. The van der Waals surface area contributed by atoms with E-state index in [9.17, 15) is 4.79 Å². The van der Waals surface area contributed by atoms with Crippen molar-refractivity contribution in [2.75, 3.05) is 6.54 Å². The summed E-state index contributed by atoms with van der Waals surface area (Å²) in [6, 6.07) is 11.0. The molecule has 2 aromatic rings. The topological polar surface area (TPSA) is 67.0 Å². The second kappa shape index (κ2) is 7.59. The van der Waals surface area contributed by atoms with E-state index in [4.69, 9.17) is 4.74 Å². The smallest absolute Gasteiger partial charge is 0.251 e. The zero-order valence-electron chi connectivity index (χ0n) is 12.4. The van der Waals surface area contributed by atoms with E-state index < -0.39 is 0 Å². The Morgan fingerprint density at radius 3 is 2.76 bits per heavy atom. The van der Waals surface area contributed by atoms with Gasteiger partial charge < -0.3 is 15.0 Å². The standard InChI is InChI=1S/C16H21N3O2/c1-12(2)9-17-10-13-8-16(20)19-15(18-13)11-21-14-6-4-3-5-7-14/h3-8,12,17H,9-11H2,1-2H3,(H,18,19,20). The SMILES string of the molecule is CC(C)CNCc1cc(=O)[nH]c(COc2ccccc2)n1. The van der Waals surface area contributed by atoms with Crippen molar-refractivity contribution >= 4 is 0 Å². The molecule has 5 heteroatoms. The van der Waals surface area contributed by atoms with Gasteiger partial charge in [-0.15, -0.1) is 0 Å². The van der Waals surface area contributed by atoms with Crippen molar-refractivity contribution in [1.29, 1.82) is 0 Å². The van der Waals surface area contributed by atoms with E-state index in [1.807, 2.05) is 30.3 Å². The maximum absolute atomic E-state index is 11.6. The first-order valence-electron chi connectivity index (χ1n) is 7.11. The van der Waals surface area contributed by atoms with Gasteiger partial charge in [0.1, 0.15) is 18.2 Å². The van der Waals surface area contributed by atoms with Crippen molar-refractivity contribution in [3.63, 3.8) is 0 Å². The lowest BCUT2D eigenvalue weighted by atomic mass is 10.2. The molecule has 0 fully saturated rings. The quantitative estimate of drug-likeness (QED) is 0.818. The van der Waals surface area contributed by atoms with Crippen LogP contribution in [0.3, 0.4) is 0 Å². The van der Waals surface area contributed by atoms with E-state index in [1.54, 1.807) is 0 Å². The van der Waals surface area contributed by atoms with E-state index in [2.05, 4.69) is 29.1 Å². The molecular formula is C16H21N3O2. The summed E-state index contributed by atoms with van der Waals surface area (Å²) < 4.78 is 5.59. The van der Waals surface area contributed by atoms with E-state index in [0.717, 1.165) is 18.0 Å². The minimum Gasteiger partial charge on any atom is -0.486 e. The van der Waals surface area contributed by atoms with E-state index in [-0.39, 0.29) is 12.2 Å². The summed E-state index contributed by atoms with van der Waals surface area (Å²) in [6.45, 7) is 6.00. The molecule has 2 rings (SSSR count). The number of nitrogens with one attached hydrogen (secondary N) is 2. The van der Waals surface area contributed by atoms with Gasteiger partial charge >= 0.3 is 0 Å². The maximum atomic E-state index is 11.6. The van der Waals surface area contributed by atoms with Crippen LogP contribution >= 0.6 is 0 Å². The van der Waals surface area contributed by atoms with Crippen LogP contribution in [-0.4, -0.2) is 16.5 Å². The minimum atomic E-state index is -0.155. The molecule has 112 valence electrons. The molecule has 0 aliphatic rings. The molecule has 0 atom stereocenters. The van der Waals surface area contributed by atoms with Gasteiger partial charge in [0.25, 0.3) is 5.56 Å². The third-order valence-corrected chi connectivity index (χ3v) is 2.82. The first-order chi connectivity index (χ1) is 10.1. The van der Waals surface area contributed by atoms with Gasteiger partial charge in [-0.3, -0.25) is 4.79 Å². The van der Waals surface area contributed by atoms with Crippen LogP contribution < -0.4 is 15.6 Å². The van der Waals surface area contributed by atoms with E-state index in [0.29, 0.717) is 18.3 Å². The molecule has 21 heavy (non-hydrogen) atoms. The first kappa shape index (κ1) is 15.3. The van der Waals surface area contributed by atoms with Crippen molar-refractivity contribution in [2.24, 2.45) is 5.92 Å². The van der Waals surface area contributed by atoms with Crippen molar-refractivity contribution < 1.29 is 4.74 Å². The number of aromatic nitrogens is 2. The molecule has 1 aromatic heterocycles. The summed E-state index contributed by atoms with van der Waals surface area (Å²) in [6.07, 6.45) is 0. The number of ether oxygens (including phenoxy) is 1. The Kier molecular flexibility index (Phi) is 5.51. The van der Waals surface area contributed by atoms with Crippen LogP contribution in [0.15, 0.2) is 41.2 Å². The van der Waals surface area contributed by atoms with Gasteiger partial charge in [-0.05, 0) is 24.6 Å². The number of nitrogens with zero attached hydrogens (tertiary/aromatic N) is 1. The summed E-state index contributed by atoms with van der Waals surface area (Å²) in [7, 11) is 0. The third kappa shape index (κ3) is 5.39. The van der Waals surface area contributed by atoms with Crippen molar-refractivity contribution in [1.82, 2.24) is 15.3 Å². The Bertz CT molecular complexity index is 608. The number of hydrogen-bond acceptors (Lipinski definition) is 4. The third-order valence-electron chi connectivity index (χ3n) is 2.82. The van der Waals surface area contributed by atoms with Crippen LogP contribution in [0.4, 0.5) is 0 Å². The largest absolute Gasteiger partial charge is 0.486 e. The number of H-pyrrole nitrogens is 1. The summed E-state index contributed by atoms with van der Waals surface area (Å²) in [5.41, 5.74) is 0.573. The summed E-state index contributed by atoms with van der Waals surface area (Å²) >= 11 is 0. The van der Waals surface area contributed by atoms with Crippen LogP contribution in [-0.2, 0) is 13.2 Å². The molecule has 0 radical (unpaired) electrons. The van der Waals surface area contributed by atoms with Gasteiger partial charge in [0, 0.05) is 12.6 Å². The van der Waals surface area contributed by atoms with Crippen LogP contribution in [0.5, 0.6) is 5.75 Å². The lowest BCUT2D eigenvalue weighted by Gasteiger charge is -2.09. The van der Waals surface area contributed by atoms with Gasteiger partial charge in [-0.25, -0.2) is 4.98 Å². The molecule has 0 aliphatic heterocycles. The summed E-state index contributed by atoms with van der Waals surface area (Å²) in [5, 5.41) is 3.27. The fourth-order valence-electron chi connectivity index (χ4n) is 1.88. The molecule has 0 saturated heterocycles. The highest BCUT2D eigenvalue weighted by atomic mass is 16.5. The minimum absolute atomic E-state index is 0.155. The molecule has 0 unspecified atom stereocenters. The average Bonchev–Trinajstić information content (AvgIpc) is 2.45. The molecule has 5 nitrogen and oxygen atoms in total. The number of aromatic amines is 1. The van der Waals surface area contributed by atoms with Gasteiger partial charge in [0.2, 0.25) is 0 Å². The van der Waals surface area contributed by atoms with Gasteiger partial charge in [-0.1, -0.05) is 32.0 Å². The van der Waals surface area contributed by atoms with Gasteiger partial charge in [0.15, 0.2) is 0 Å². The summed E-state index contributed by atoms with van der Waals surface area (Å²) in [5.74, 6) is 1.85. The predicted molar refractivity (Wildman–Crippen MR) is 82.2 cm³/mol. The normalized spacial score (nSPS) is 10.8. The Hall–Kier alpha value is -2.14. The molecule has 1 heterocycles. The first-order valence-corrected chi connectivity index (χ1v) is 7.11. The molecule has 0 saturated carbocycles. The second-order valence-electron chi connectivity index (χ2n) is 5.31. The molecule has 1 aromatic carbocycles. The average molecular weight is 287 g/mol. The number of hydrogen-bond donors (Lipinski definition) is 2. The number of benzene rings is 1. The monoisotopic (exact) mass is 287 g/mol. The Balaban J connectivity index is 1.96. The molecule has 0 spiro atoms. The fraction of sp³-hybridized carbons (Fsp3) is 0.375.